The van der Waals surface area contributed by atoms with E-state index in [1.54, 1.807) is 5.32 Å². The Morgan fingerprint density at radius 1 is 1.33 bits per heavy atom. The summed E-state index contributed by atoms with van der Waals surface area (Å²) in [6.07, 6.45) is 0. The lowest BCUT2D eigenvalue weighted by Crippen LogP contribution is -2.38. The van der Waals surface area contributed by atoms with E-state index >= 15 is 0 Å². The first-order chi connectivity index (χ1) is 8.22. The Balaban J connectivity index is 3.00. The number of nitrogens with two attached hydrogens (primary N) is 2. The van der Waals surface area contributed by atoms with Crippen LogP contribution < -0.4 is 16.8 Å². The third-order valence-electron chi connectivity index (χ3n) is 1.87. The summed E-state index contributed by atoms with van der Waals surface area (Å²) in [5.74, 6) is -3.29. The molecule has 0 fully saturated rings. The molecule has 0 heterocycles. The predicted molar refractivity (Wildman–Crippen MR) is 60.6 cm³/mol. The molecule has 0 radical (unpaired) electrons. The van der Waals surface area contributed by atoms with Gasteiger partial charge in [-0.1, -0.05) is 0 Å². The second-order valence-corrected chi connectivity index (χ2v) is 5.32. The highest BCUT2D eigenvalue weighted by molar-refractivity contribution is 7.92. The lowest BCUT2D eigenvalue weighted by molar-refractivity contribution is -0.117. The van der Waals surface area contributed by atoms with Gasteiger partial charge in [0.2, 0.25) is 5.91 Å². The largest absolute Gasteiger partial charge is 0.399 e. The van der Waals surface area contributed by atoms with Crippen LogP contribution >= 0.6 is 0 Å². The average Bonchev–Trinajstić information content (AvgIpc) is 2.13. The van der Waals surface area contributed by atoms with Gasteiger partial charge in [-0.2, -0.15) is 0 Å². The van der Waals surface area contributed by atoms with E-state index in [4.69, 9.17) is 5.73 Å². The summed E-state index contributed by atoms with van der Waals surface area (Å²) in [6.45, 7) is 0. The van der Waals surface area contributed by atoms with Gasteiger partial charge in [-0.25, -0.2) is 17.6 Å². The SMILES string of the molecule is NC(=O)NC(=O)CS(=O)(=O)c1ccc(N)cc1F. The first kappa shape index (κ1) is 13.9. The number of imide groups is 1. The van der Waals surface area contributed by atoms with Crippen LogP contribution in [-0.4, -0.2) is 26.1 Å². The molecular formula is C9H10FN3O4S. The van der Waals surface area contributed by atoms with Crippen LogP contribution in [-0.2, 0) is 14.6 Å². The Bertz CT molecular complexity index is 600. The Kier molecular flexibility index (Phi) is 3.86. The number of nitrogens with one attached hydrogen (secondary N) is 1. The first-order valence-corrected chi connectivity index (χ1v) is 6.24. The summed E-state index contributed by atoms with van der Waals surface area (Å²) < 4.78 is 36.7. The molecular weight excluding hydrogens is 265 g/mol. The zero-order valence-corrected chi connectivity index (χ0v) is 9.83. The Morgan fingerprint density at radius 2 is 1.94 bits per heavy atom. The van der Waals surface area contributed by atoms with Crippen molar-refractivity contribution in [3.8, 4) is 0 Å². The Labute approximate surface area is 102 Å². The van der Waals surface area contributed by atoms with Gasteiger partial charge in [-0.15, -0.1) is 0 Å². The van der Waals surface area contributed by atoms with Gasteiger partial charge < -0.3 is 11.5 Å². The number of urea groups is 1. The number of amides is 3. The molecule has 0 aliphatic heterocycles. The van der Waals surface area contributed by atoms with Gasteiger partial charge in [0.15, 0.2) is 9.84 Å². The van der Waals surface area contributed by atoms with Crippen molar-refractivity contribution < 1.29 is 22.4 Å². The first-order valence-electron chi connectivity index (χ1n) is 4.59. The van der Waals surface area contributed by atoms with Crippen molar-refractivity contribution in [2.45, 2.75) is 4.90 Å². The molecule has 0 aliphatic carbocycles. The van der Waals surface area contributed by atoms with E-state index in [0.29, 0.717) is 0 Å². The number of anilines is 1. The van der Waals surface area contributed by atoms with E-state index in [0.717, 1.165) is 12.1 Å². The van der Waals surface area contributed by atoms with Crippen LogP contribution in [0.25, 0.3) is 0 Å². The van der Waals surface area contributed by atoms with Crippen LogP contribution in [0.5, 0.6) is 0 Å². The molecule has 5 N–H and O–H groups in total. The van der Waals surface area contributed by atoms with Crippen LogP contribution in [0.2, 0.25) is 0 Å². The molecule has 98 valence electrons. The van der Waals surface area contributed by atoms with Gasteiger partial charge in [0.05, 0.1) is 0 Å². The summed E-state index contributed by atoms with van der Waals surface area (Å²) in [4.78, 5) is 20.8. The van der Waals surface area contributed by atoms with Gasteiger partial charge in [0.1, 0.15) is 16.5 Å². The maximum atomic E-state index is 13.4. The third-order valence-corrected chi connectivity index (χ3v) is 3.52. The van der Waals surface area contributed by atoms with E-state index in [9.17, 15) is 22.4 Å². The van der Waals surface area contributed by atoms with Gasteiger partial charge in [-0.3, -0.25) is 10.1 Å². The zero-order chi connectivity index (χ0) is 13.9. The quantitative estimate of drug-likeness (QED) is 0.632. The minimum Gasteiger partial charge on any atom is -0.399 e. The van der Waals surface area contributed by atoms with E-state index in [1.165, 1.54) is 6.07 Å². The molecule has 0 unspecified atom stereocenters. The summed E-state index contributed by atoms with van der Waals surface area (Å²) >= 11 is 0. The maximum Gasteiger partial charge on any atom is 0.318 e. The molecule has 7 nitrogen and oxygen atoms in total. The number of hydrogen-bond donors (Lipinski definition) is 3. The second-order valence-electron chi connectivity index (χ2n) is 3.36. The van der Waals surface area contributed by atoms with Crippen molar-refractivity contribution in [1.29, 1.82) is 0 Å². The fourth-order valence-electron chi connectivity index (χ4n) is 1.19. The minimum absolute atomic E-state index is 0.0491. The summed E-state index contributed by atoms with van der Waals surface area (Å²) in [5.41, 5.74) is 9.96. The number of rotatable bonds is 3. The van der Waals surface area contributed by atoms with Crippen molar-refractivity contribution >= 4 is 27.5 Å². The number of primary amides is 1. The maximum absolute atomic E-state index is 13.4. The van der Waals surface area contributed by atoms with Crippen molar-refractivity contribution in [3.05, 3.63) is 24.0 Å². The third kappa shape index (κ3) is 3.42. The van der Waals surface area contributed by atoms with Crippen LogP contribution in [0.1, 0.15) is 0 Å². The zero-order valence-electron chi connectivity index (χ0n) is 9.01. The molecule has 0 saturated carbocycles. The molecule has 3 amide bonds. The molecule has 1 aromatic rings. The molecule has 0 saturated heterocycles. The molecule has 1 aromatic carbocycles. The van der Waals surface area contributed by atoms with E-state index < -0.39 is 38.2 Å². The predicted octanol–water partition coefficient (Wildman–Crippen LogP) is -0.623. The highest BCUT2D eigenvalue weighted by atomic mass is 32.2. The number of nitrogen functional groups attached to an aromatic ring is 1. The summed E-state index contributed by atoms with van der Waals surface area (Å²) in [7, 11) is -4.20. The lowest BCUT2D eigenvalue weighted by Gasteiger charge is -2.05. The lowest BCUT2D eigenvalue weighted by atomic mass is 10.3. The van der Waals surface area contributed by atoms with E-state index in [1.807, 2.05) is 0 Å². The second kappa shape index (κ2) is 5.00. The molecule has 0 bridgehead atoms. The van der Waals surface area contributed by atoms with Crippen molar-refractivity contribution in [3.63, 3.8) is 0 Å². The fourth-order valence-corrected chi connectivity index (χ4v) is 2.40. The topological polar surface area (TPSA) is 132 Å². The van der Waals surface area contributed by atoms with Gasteiger partial charge >= 0.3 is 6.03 Å². The molecule has 0 aromatic heterocycles. The number of carbonyl (C=O) groups is 2. The number of sulfone groups is 1. The van der Waals surface area contributed by atoms with Gasteiger partial charge in [0, 0.05) is 5.69 Å². The fraction of sp³-hybridized carbons (Fsp3) is 0.111. The molecule has 1 rings (SSSR count). The molecule has 0 aliphatic rings. The minimum atomic E-state index is -4.20. The number of halogens is 1. The summed E-state index contributed by atoms with van der Waals surface area (Å²) in [6, 6.07) is 1.76. The average molecular weight is 275 g/mol. The number of carbonyl (C=O) groups excluding carboxylic acids is 2. The van der Waals surface area contributed by atoms with Crippen molar-refractivity contribution in [1.82, 2.24) is 5.32 Å². The molecule has 9 heteroatoms. The molecule has 0 spiro atoms. The molecule has 18 heavy (non-hydrogen) atoms. The highest BCUT2D eigenvalue weighted by Crippen LogP contribution is 2.18. The Hall–Kier alpha value is -2.16. The van der Waals surface area contributed by atoms with Crippen LogP contribution in [0.3, 0.4) is 0 Å². The normalized spacial score (nSPS) is 10.9. The highest BCUT2D eigenvalue weighted by Gasteiger charge is 2.23. The van der Waals surface area contributed by atoms with Crippen LogP contribution in [0, 0.1) is 5.82 Å². The Morgan fingerprint density at radius 3 is 2.44 bits per heavy atom. The van der Waals surface area contributed by atoms with E-state index in [2.05, 4.69) is 5.73 Å². The number of hydrogen-bond acceptors (Lipinski definition) is 5. The van der Waals surface area contributed by atoms with Gasteiger partial charge in [0.25, 0.3) is 0 Å². The van der Waals surface area contributed by atoms with Crippen molar-refractivity contribution in [2.24, 2.45) is 5.73 Å². The van der Waals surface area contributed by atoms with Crippen LogP contribution in [0.4, 0.5) is 14.9 Å². The van der Waals surface area contributed by atoms with Crippen molar-refractivity contribution in [2.75, 3.05) is 11.5 Å². The smallest absolute Gasteiger partial charge is 0.318 e. The van der Waals surface area contributed by atoms with Crippen LogP contribution in [0.15, 0.2) is 23.1 Å². The monoisotopic (exact) mass is 275 g/mol. The molecule has 0 atom stereocenters. The van der Waals surface area contributed by atoms with Gasteiger partial charge in [-0.05, 0) is 18.2 Å². The summed E-state index contributed by atoms with van der Waals surface area (Å²) in [5, 5.41) is 1.57. The standard InChI is InChI=1S/C9H10FN3O4S/c10-6-3-5(11)1-2-7(6)18(16,17)4-8(14)13-9(12)15/h1-3H,4,11H2,(H3,12,13,14,15). The van der Waals surface area contributed by atoms with E-state index in [-0.39, 0.29) is 5.69 Å². The number of benzene rings is 1.